The van der Waals surface area contributed by atoms with Gasteiger partial charge in [-0.05, 0) is 31.9 Å². The van der Waals surface area contributed by atoms with Crippen molar-refractivity contribution in [2.45, 2.75) is 32.5 Å². The summed E-state index contributed by atoms with van der Waals surface area (Å²) in [6.07, 6.45) is -1.23. The monoisotopic (exact) mass is 252 g/mol. The summed E-state index contributed by atoms with van der Waals surface area (Å²) in [6, 6.07) is 7.08. The number of benzene rings is 1. The first-order valence-corrected chi connectivity index (χ1v) is 5.92. The van der Waals surface area contributed by atoms with Gasteiger partial charge < -0.3 is 14.6 Å². The van der Waals surface area contributed by atoms with Gasteiger partial charge in [-0.15, -0.1) is 0 Å². The van der Waals surface area contributed by atoms with Crippen LogP contribution in [-0.4, -0.2) is 24.8 Å². The van der Waals surface area contributed by atoms with Crippen LogP contribution < -0.4 is 0 Å². The molecule has 0 radical (unpaired) electrons. The second-order valence-electron chi connectivity index (χ2n) is 4.49. The van der Waals surface area contributed by atoms with E-state index < -0.39 is 17.7 Å². The minimum Gasteiger partial charge on any atom is -0.464 e. The minimum atomic E-state index is -1.23. The van der Waals surface area contributed by atoms with Crippen LogP contribution in [0, 0.1) is 0 Å². The summed E-state index contributed by atoms with van der Waals surface area (Å²) in [5.41, 5.74) is 1.10. The van der Waals surface area contributed by atoms with Crippen molar-refractivity contribution in [3.05, 3.63) is 35.4 Å². The van der Waals surface area contributed by atoms with E-state index in [9.17, 15) is 9.90 Å². The van der Waals surface area contributed by atoms with Gasteiger partial charge in [0.25, 0.3) is 0 Å². The summed E-state index contributed by atoms with van der Waals surface area (Å²) < 4.78 is 10.1. The van der Waals surface area contributed by atoms with Crippen LogP contribution in [0.1, 0.15) is 38.0 Å². The number of carbonyl (C=O) groups excluding carboxylic acids is 1. The molecule has 1 unspecified atom stereocenters. The Morgan fingerprint density at radius 1 is 1.33 bits per heavy atom. The Morgan fingerprint density at radius 3 is 2.33 bits per heavy atom. The molecular weight excluding hydrogens is 232 g/mol. The molecule has 100 valence electrons. The molecule has 1 aromatic rings. The first kappa shape index (κ1) is 14.7. The molecule has 1 rings (SSSR count). The first-order valence-electron chi connectivity index (χ1n) is 5.92. The lowest BCUT2D eigenvalue weighted by Gasteiger charge is -2.23. The second kappa shape index (κ2) is 5.98. The van der Waals surface area contributed by atoms with Crippen LogP contribution in [0.3, 0.4) is 0 Å². The third-order valence-corrected chi connectivity index (χ3v) is 2.94. The van der Waals surface area contributed by atoms with E-state index in [1.807, 2.05) is 26.0 Å². The van der Waals surface area contributed by atoms with Gasteiger partial charge >= 0.3 is 5.97 Å². The van der Waals surface area contributed by atoms with Gasteiger partial charge in [0.05, 0.1) is 12.2 Å². The molecule has 18 heavy (non-hydrogen) atoms. The second-order valence-corrected chi connectivity index (χ2v) is 4.49. The van der Waals surface area contributed by atoms with E-state index in [0.29, 0.717) is 5.56 Å². The highest BCUT2D eigenvalue weighted by molar-refractivity contribution is 5.76. The zero-order chi connectivity index (χ0) is 13.8. The number of esters is 1. The molecule has 0 fully saturated rings. The SMILES string of the molecule is CCOC(=O)C(O)c1ccc(C(C)(C)OC)cc1. The highest BCUT2D eigenvalue weighted by Crippen LogP contribution is 2.25. The molecule has 0 saturated heterocycles. The van der Waals surface area contributed by atoms with Gasteiger partial charge in [0.2, 0.25) is 0 Å². The maximum absolute atomic E-state index is 11.4. The van der Waals surface area contributed by atoms with Gasteiger partial charge in [-0.3, -0.25) is 0 Å². The van der Waals surface area contributed by atoms with Gasteiger partial charge in [0.15, 0.2) is 6.10 Å². The fourth-order valence-electron chi connectivity index (χ4n) is 1.54. The van der Waals surface area contributed by atoms with Crippen LogP contribution >= 0.6 is 0 Å². The fourth-order valence-corrected chi connectivity index (χ4v) is 1.54. The minimum absolute atomic E-state index is 0.255. The molecule has 1 N–H and O–H groups in total. The molecule has 1 aromatic carbocycles. The van der Waals surface area contributed by atoms with Crippen LogP contribution in [0.25, 0.3) is 0 Å². The molecule has 0 saturated carbocycles. The molecule has 0 spiro atoms. The molecule has 0 aromatic heterocycles. The third-order valence-electron chi connectivity index (χ3n) is 2.94. The van der Waals surface area contributed by atoms with Crippen molar-refractivity contribution in [1.82, 2.24) is 0 Å². The zero-order valence-electron chi connectivity index (χ0n) is 11.3. The molecule has 0 bridgehead atoms. The van der Waals surface area contributed by atoms with Gasteiger partial charge in [-0.1, -0.05) is 24.3 Å². The molecule has 1 atom stereocenters. The Hall–Kier alpha value is -1.39. The van der Waals surface area contributed by atoms with E-state index in [4.69, 9.17) is 9.47 Å². The van der Waals surface area contributed by atoms with Crippen molar-refractivity contribution in [1.29, 1.82) is 0 Å². The average Bonchev–Trinajstić information content (AvgIpc) is 2.38. The van der Waals surface area contributed by atoms with Gasteiger partial charge in [0, 0.05) is 7.11 Å². The number of carbonyl (C=O) groups is 1. The van der Waals surface area contributed by atoms with Crippen molar-refractivity contribution >= 4 is 5.97 Å². The number of aliphatic hydroxyl groups is 1. The molecule has 0 amide bonds. The molecule has 0 aliphatic heterocycles. The Bertz CT molecular complexity index is 395. The van der Waals surface area contributed by atoms with E-state index >= 15 is 0 Å². The predicted octanol–water partition coefficient (Wildman–Crippen LogP) is 2.16. The normalized spacial score (nSPS) is 13.2. The lowest BCUT2D eigenvalue weighted by molar-refractivity contribution is -0.153. The summed E-state index contributed by atoms with van der Waals surface area (Å²) in [7, 11) is 1.64. The molecule has 4 nitrogen and oxygen atoms in total. The van der Waals surface area contributed by atoms with E-state index in [2.05, 4.69) is 0 Å². The molecule has 4 heteroatoms. The first-order chi connectivity index (χ1) is 8.42. The number of ether oxygens (including phenoxy) is 2. The van der Waals surface area contributed by atoms with E-state index in [1.54, 1.807) is 26.2 Å². The third kappa shape index (κ3) is 3.31. The number of hydrogen-bond acceptors (Lipinski definition) is 4. The van der Waals surface area contributed by atoms with Gasteiger partial charge in [0.1, 0.15) is 0 Å². The smallest absolute Gasteiger partial charge is 0.339 e. The van der Waals surface area contributed by atoms with Crippen LogP contribution in [0.5, 0.6) is 0 Å². The molecular formula is C14H20O4. The fraction of sp³-hybridized carbons (Fsp3) is 0.500. The maximum atomic E-state index is 11.4. The Labute approximate surface area is 108 Å². The Kier molecular flexibility index (Phi) is 4.87. The predicted molar refractivity (Wildman–Crippen MR) is 68.1 cm³/mol. The van der Waals surface area contributed by atoms with Gasteiger partial charge in [-0.2, -0.15) is 0 Å². The van der Waals surface area contributed by atoms with Crippen molar-refractivity contribution in [2.75, 3.05) is 13.7 Å². The molecule has 0 heterocycles. The number of rotatable bonds is 5. The Morgan fingerprint density at radius 2 is 1.89 bits per heavy atom. The largest absolute Gasteiger partial charge is 0.464 e. The number of hydrogen-bond donors (Lipinski definition) is 1. The van der Waals surface area contributed by atoms with Gasteiger partial charge in [-0.25, -0.2) is 4.79 Å². The molecule has 0 aliphatic carbocycles. The van der Waals surface area contributed by atoms with E-state index in [0.717, 1.165) is 5.56 Å². The number of aliphatic hydroxyl groups excluding tert-OH is 1. The van der Waals surface area contributed by atoms with Crippen molar-refractivity contribution < 1.29 is 19.4 Å². The highest BCUT2D eigenvalue weighted by Gasteiger charge is 2.22. The standard InChI is InChI=1S/C14H20O4/c1-5-18-13(16)12(15)10-6-8-11(9-7-10)14(2,3)17-4/h6-9,12,15H,5H2,1-4H3. The summed E-state index contributed by atoms with van der Waals surface area (Å²) in [5.74, 6) is -0.628. The Balaban J connectivity index is 2.86. The van der Waals surface area contributed by atoms with Crippen LogP contribution in [0.15, 0.2) is 24.3 Å². The number of methoxy groups -OCH3 is 1. The lowest BCUT2D eigenvalue weighted by Crippen LogP contribution is -2.20. The summed E-state index contributed by atoms with van der Waals surface area (Å²) in [6.45, 7) is 5.85. The van der Waals surface area contributed by atoms with Crippen molar-refractivity contribution in [3.8, 4) is 0 Å². The summed E-state index contributed by atoms with van der Waals surface area (Å²) in [4.78, 5) is 11.4. The van der Waals surface area contributed by atoms with Crippen molar-refractivity contribution in [3.63, 3.8) is 0 Å². The highest BCUT2D eigenvalue weighted by atomic mass is 16.5. The van der Waals surface area contributed by atoms with Crippen LogP contribution in [0.4, 0.5) is 0 Å². The van der Waals surface area contributed by atoms with Crippen LogP contribution in [-0.2, 0) is 19.9 Å². The zero-order valence-corrected chi connectivity index (χ0v) is 11.3. The summed E-state index contributed by atoms with van der Waals surface area (Å²) >= 11 is 0. The average molecular weight is 252 g/mol. The topological polar surface area (TPSA) is 55.8 Å². The molecule has 0 aliphatic rings. The summed E-state index contributed by atoms with van der Waals surface area (Å²) in [5, 5.41) is 9.77. The van der Waals surface area contributed by atoms with Crippen LogP contribution in [0.2, 0.25) is 0 Å². The quantitative estimate of drug-likeness (QED) is 0.816. The van der Waals surface area contributed by atoms with Crippen molar-refractivity contribution in [2.24, 2.45) is 0 Å². The van der Waals surface area contributed by atoms with E-state index in [-0.39, 0.29) is 6.61 Å². The van der Waals surface area contributed by atoms with E-state index in [1.165, 1.54) is 0 Å². The maximum Gasteiger partial charge on any atom is 0.339 e. The lowest BCUT2D eigenvalue weighted by atomic mass is 9.96.